The summed E-state index contributed by atoms with van der Waals surface area (Å²) < 4.78 is 0. The van der Waals surface area contributed by atoms with Crippen LogP contribution in [0.15, 0.2) is 30.5 Å². The highest BCUT2D eigenvalue weighted by atomic mass is 35.5. The third kappa shape index (κ3) is 3.83. The van der Waals surface area contributed by atoms with E-state index in [1.165, 1.54) is 0 Å². The Labute approximate surface area is 159 Å². The van der Waals surface area contributed by atoms with Crippen molar-refractivity contribution in [3.63, 3.8) is 0 Å². The summed E-state index contributed by atoms with van der Waals surface area (Å²) in [7, 11) is 5.96. The fraction of sp³-hybridized carbons (Fsp3) is 0.421. The van der Waals surface area contributed by atoms with Crippen LogP contribution in [-0.2, 0) is 0 Å². The molecule has 136 valence electrons. The molecule has 6 nitrogen and oxygen atoms in total. The maximum atomic E-state index is 9.02. The van der Waals surface area contributed by atoms with Gasteiger partial charge in [-0.1, -0.05) is 11.6 Å². The molecule has 1 fully saturated rings. The molecule has 0 spiro atoms. The molecular weight excluding hydrogens is 348 g/mol. The van der Waals surface area contributed by atoms with Crippen molar-refractivity contribution in [2.45, 2.75) is 18.9 Å². The van der Waals surface area contributed by atoms with E-state index in [9.17, 15) is 0 Å². The van der Waals surface area contributed by atoms with Crippen molar-refractivity contribution in [3.05, 3.63) is 41.0 Å². The number of hydrogen-bond acceptors (Lipinski definition) is 6. The van der Waals surface area contributed by atoms with Gasteiger partial charge in [-0.3, -0.25) is 0 Å². The normalized spacial score (nSPS) is 16.9. The fourth-order valence-electron chi connectivity index (χ4n) is 3.26. The zero-order chi connectivity index (χ0) is 18.7. The van der Waals surface area contributed by atoms with Crippen molar-refractivity contribution in [2.24, 2.45) is 0 Å². The highest BCUT2D eigenvalue weighted by molar-refractivity contribution is 6.33. The van der Waals surface area contributed by atoms with Crippen LogP contribution in [-0.4, -0.2) is 50.2 Å². The molecule has 0 aliphatic carbocycles. The second-order valence-electron chi connectivity index (χ2n) is 6.74. The van der Waals surface area contributed by atoms with Crippen molar-refractivity contribution in [1.29, 1.82) is 5.26 Å². The molecule has 0 radical (unpaired) electrons. The Bertz CT molecular complexity index is 816. The van der Waals surface area contributed by atoms with Crippen LogP contribution in [0.4, 0.5) is 17.5 Å². The summed E-state index contributed by atoms with van der Waals surface area (Å²) in [6, 6.07) is 9.91. The topological polar surface area (TPSA) is 59.3 Å². The molecule has 1 unspecified atom stereocenters. The lowest BCUT2D eigenvalue weighted by Gasteiger charge is -2.39. The highest BCUT2D eigenvalue weighted by Gasteiger charge is 2.25. The minimum absolute atomic E-state index is 0.334. The van der Waals surface area contributed by atoms with Crippen LogP contribution in [0.5, 0.6) is 0 Å². The van der Waals surface area contributed by atoms with Crippen LogP contribution in [0.3, 0.4) is 0 Å². The van der Waals surface area contributed by atoms with Gasteiger partial charge in [0.25, 0.3) is 0 Å². The van der Waals surface area contributed by atoms with E-state index in [1.807, 2.05) is 37.2 Å². The number of benzene rings is 1. The Kier molecular flexibility index (Phi) is 5.48. The highest BCUT2D eigenvalue weighted by Crippen LogP contribution is 2.30. The summed E-state index contributed by atoms with van der Waals surface area (Å²) in [5.74, 6) is 1.62. The Balaban J connectivity index is 1.78. The summed E-state index contributed by atoms with van der Waals surface area (Å²) in [5.41, 5.74) is 1.57. The van der Waals surface area contributed by atoms with Crippen LogP contribution in [0.25, 0.3) is 0 Å². The van der Waals surface area contributed by atoms with E-state index in [1.54, 1.807) is 12.3 Å². The Hall–Kier alpha value is -2.52. The smallest absolute Gasteiger partial charge is 0.226 e. The standard InChI is InChI=1S/C19H23ClN6/c1-24(2)19-22-9-8-18(23-19)25(3)15-5-4-10-26(13-15)17-7-6-14(12-21)11-16(17)20/h6-9,11,15H,4-5,10,13H2,1-3H3. The van der Waals surface area contributed by atoms with E-state index < -0.39 is 0 Å². The van der Waals surface area contributed by atoms with Gasteiger partial charge in [-0.2, -0.15) is 10.2 Å². The number of piperidine rings is 1. The first kappa shape index (κ1) is 18.3. The quantitative estimate of drug-likeness (QED) is 0.823. The molecule has 0 saturated carbocycles. The summed E-state index contributed by atoms with van der Waals surface area (Å²) in [4.78, 5) is 15.4. The van der Waals surface area contributed by atoms with Gasteiger partial charge in [0.05, 0.1) is 22.3 Å². The summed E-state index contributed by atoms with van der Waals surface area (Å²) >= 11 is 6.41. The molecule has 3 rings (SSSR count). The van der Waals surface area contributed by atoms with E-state index in [-0.39, 0.29) is 0 Å². The molecule has 0 amide bonds. The first-order valence-electron chi connectivity index (χ1n) is 8.67. The fourth-order valence-corrected chi connectivity index (χ4v) is 3.56. The molecule has 1 aliphatic heterocycles. The number of aromatic nitrogens is 2. The molecule has 2 aromatic rings. The van der Waals surface area contributed by atoms with Crippen LogP contribution < -0.4 is 14.7 Å². The number of likely N-dealkylation sites (N-methyl/N-ethyl adjacent to an activating group) is 1. The zero-order valence-electron chi connectivity index (χ0n) is 15.4. The lowest BCUT2D eigenvalue weighted by Crippen LogP contribution is -2.47. The van der Waals surface area contributed by atoms with Gasteiger partial charge in [-0.15, -0.1) is 0 Å². The van der Waals surface area contributed by atoms with Crippen LogP contribution in [0.1, 0.15) is 18.4 Å². The van der Waals surface area contributed by atoms with Crippen molar-refractivity contribution in [2.75, 3.05) is 48.9 Å². The van der Waals surface area contributed by atoms with E-state index in [4.69, 9.17) is 16.9 Å². The summed E-state index contributed by atoms with van der Waals surface area (Å²) in [6.07, 6.45) is 3.98. The summed E-state index contributed by atoms with van der Waals surface area (Å²) in [5, 5.41) is 9.65. The third-order valence-corrected chi connectivity index (χ3v) is 5.05. The molecule has 2 heterocycles. The Morgan fingerprint density at radius 1 is 1.27 bits per heavy atom. The van der Waals surface area contributed by atoms with Crippen molar-refractivity contribution in [3.8, 4) is 6.07 Å². The number of rotatable bonds is 4. The molecule has 1 saturated heterocycles. The lowest BCUT2D eigenvalue weighted by atomic mass is 10.0. The predicted molar refractivity (Wildman–Crippen MR) is 106 cm³/mol. The molecule has 1 aromatic carbocycles. The lowest BCUT2D eigenvalue weighted by molar-refractivity contribution is 0.486. The van der Waals surface area contributed by atoms with Crippen LogP contribution >= 0.6 is 11.6 Å². The average Bonchev–Trinajstić information content (AvgIpc) is 2.67. The van der Waals surface area contributed by atoms with E-state index in [0.29, 0.717) is 22.6 Å². The largest absolute Gasteiger partial charge is 0.368 e. The number of anilines is 3. The molecule has 1 atom stereocenters. The van der Waals surface area contributed by atoms with Gasteiger partial charge in [-0.25, -0.2) is 4.98 Å². The number of hydrogen-bond donors (Lipinski definition) is 0. The average molecular weight is 371 g/mol. The SMILES string of the molecule is CN(C)c1nccc(N(C)C2CCCN(c3ccc(C#N)cc3Cl)C2)n1. The second-order valence-corrected chi connectivity index (χ2v) is 7.15. The van der Waals surface area contributed by atoms with E-state index in [2.05, 4.69) is 32.9 Å². The molecule has 1 aromatic heterocycles. The van der Waals surface area contributed by atoms with Crippen molar-refractivity contribution >= 4 is 29.1 Å². The molecule has 1 aliphatic rings. The first-order chi connectivity index (χ1) is 12.5. The van der Waals surface area contributed by atoms with Gasteiger partial charge >= 0.3 is 0 Å². The minimum atomic E-state index is 0.334. The van der Waals surface area contributed by atoms with E-state index >= 15 is 0 Å². The van der Waals surface area contributed by atoms with Crippen molar-refractivity contribution < 1.29 is 0 Å². The minimum Gasteiger partial charge on any atom is -0.368 e. The second kappa shape index (κ2) is 7.79. The van der Waals surface area contributed by atoms with Gasteiger partial charge < -0.3 is 14.7 Å². The first-order valence-corrected chi connectivity index (χ1v) is 9.05. The zero-order valence-corrected chi connectivity index (χ0v) is 16.1. The van der Waals surface area contributed by atoms with Gasteiger partial charge in [-0.05, 0) is 37.1 Å². The van der Waals surface area contributed by atoms with Gasteiger partial charge in [0.15, 0.2) is 0 Å². The van der Waals surface area contributed by atoms with Crippen molar-refractivity contribution in [1.82, 2.24) is 9.97 Å². The molecule has 7 heteroatoms. The van der Waals surface area contributed by atoms with Crippen LogP contribution in [0.2, 0.25) is 5.02 Å². The number of nitrogens with zero attached hydrogens (tertiary/aromatic N) is 6. The van der Waals surface area contributed by atoms with Crippen LogP contribution in [0, 0.1) is 11.3 Å². The predicted octanol–water partition coefficient (Wildman–Crippen LogP) is 3.17. The molecule has 0 N–H and O–H groups in total. The Morgan fingerprint density at radius 3 is 2.77 bits per heavy atom. The maximum Gasteiger partial charge on any atom is 0.226 e. The summed E-state index contributed by atoms with van der Waals surface area (Å²) in [6.45, 7) is 1.83. The Morgan fingerprint density at radius 2 is 2.08 bits per heavy atom. The van der Waals surface area contributed by atoms with Gasteiger partial charge in [0, 0.05) is 46.5 Å². The molecular formula is C19H23ClN6. The van der Waals surface area contributed by atoms with Gasteiger partial charge in [0.1, 0.15) is 5.82 Å². The molecule has 26 heavy (non-hydrogen) atoms. The number of halogens is 1. The monoisotopic (exact) mass is 370 g/mol. The third-order valence-electron chi connectivity index (χ3n) is 4.75. The molecule has 0 bridgehead atoms. The van der Waals surface area contributed by atoms with Gasteiger partial charge in [0.2, 0.25) is 5.95 Å². The number of nitriles is 1. The maximum absolute atomic E-state index is 9.02. The van der Waals surface area contributed by atoms with E-state index in [0.717, 1.165) is 37.4 Å².